The van der Waals surface area contributed by atoms with Crippen LogP contribution in [0, 0.1) is 6.92 Å². The van der Waals surface area contributed by atoms with Gasteiger partial charge in [0.15, 0.2) is 13.2 Å². The normalized spacial score (nSPS) is 13.0. The van der Waals surface area contributed by atoms with Crippen LogP contribution in [0.15, 0.2) is 53.1 Å². The van der Waals surface area contributed by atoms with E-state index < -0.39 is 5.97 Å². The summed E-state index contributed by atoms with van der Waals surface area (Å²) < 4.78 is 15.7. The van der Waals surface area contributed by atoms with Crippen LogP contribution < -0.4 is 9.64 Å². The molecule has 2 heterocycles. The van der Waals surface area contributed by atoms with Gasteiger partial charge in [0.25, 0.3) is 11.8 Å². The molecule has 0 bridgehead atoms. The van der Waals surface area contributed by atoms with Crippen LogP contribution in [-0.2, 0) is 20.9 Å². The van der Waals surface area contributed by atoms with Crippen molar-refractivity contribution in [2.75, 3.05) is 18.1 Å². The molecule has 8 heteroatoms. The Labute approximate surface area is 167 Å². The van der Waals surface area contributed by atoms with Crippen LogP contribution in [0.1, 0.15) is 17.9 Å². The fourth-order valence-electron chi connectivity index (χ4n) is 2.95. The van der Waals surface area contributed by atoms with Crippen LogP contribution >= 0.6 is 0 Å². The number of para-hydroxylation sites is 2. The van der Waals surface area contributed by atoms with Gasteiger partial charge in [-0.25, -0.2) is 0 Å². The monoisotopic (exact) mass is 393 g/mol. The molecule has 1 aliphatic heterocycles. The smallest absolute Gasteiger partial charge is 0.308 e. The maximum atomic E-state index is 12.1. The third-order valence-electron chi connectivity index (χ3n) is 4.48. The highest BCUT2D eigenvalue weighted by Crippen LogP contribution is 2.31. The number of aryl methyl sites for hydroxylation is 1. The molecule has 4 rings (SSSR count). The number of rotatable bonds is 6. The molecule has 29 heavy (non-hydrogen) atoms. The zero-order chi connectivity index (χ0) is 20.2. The van der Waals surface area contributed by atoms with Crippen LogP contribution in [-0.4, -0.2) is 35.2 Å². The van der Waals surface area contributed by atoms with Crippen LogP contribution in [0.25, 0.3) is 11.4 Å². The van der Waals surface area contributed by atoms with Crippen molar-refractivity contribution < 1.29 is 23.6 Å². The molecule has 0 spiro atoms. The van der Waals surface area contributed by atoms with E-state index in [1.54, 1.807) is 12.1 Å². The molecule has 0 aliphatic carbocycles. The van der Waals surface area contributed by atoms with Crippen molar-refractivity contribution in [1.29, 1.82) is 0 Å². The number of benzene rings is 2. The second-order valence-electron chi connectivity index (χ2n) is 6.59. The number of esters is 1. The Bertz CT molecular complexity index is 1030. The molecule has 0 saturated carbocycles. The molecule has 1 amide bonds. The lowest BCUT2D eigenvalue weighted by molar-refractivity contribution is -0.145. The van der Waals surface area contributed by atoms with Crippen molar-refractivity contribution in [3.63, 3.8) is 0 Å². The number of amides is 1. The SMILES string of the molecule is Cc1ccc(-c2noc(COC(=O)CCN3C(=O)COc4ccccc43)n2)cc1. The topological polar surface area (TPSA) is 94.8 Å². The van der Waals surface area contributed by atoms with Crippen molar-refractivity contribution in [3.8, 4) is 17.1 Å². The molecular formula is C21H19N3O5. The van der Waals surface area contributed by atoms with E-state index in [-0.39, 0.29) is 38.0 Å². The first-order valence-electron chi connectivity index (χ1n) is 9.17. The Morgan fingerprint density at radius 2 is 1.97 bits per heavy atom. The number of aromatic nitrogens is 2. The third kappa shape index (κ3) is 4.26. The van der Waals surface area contributed by atoms with Gasteiger partial charge in [0.1, 0.15) is 5.75 Å². The predicted octanol–water partition coefficient (Wildman–Crippen LogP) is 2.90. The maximum absolute atomic E-state index is 12.1. The Morgan fingerprint density at radius 1 is 1.17 bits per heavy atom. The van der Waals surface area contributed by atoms with Gasteiger partial charge < -0.3 is 18.9 Å². The summed E-state index contributed by atoms with van der Waals surface area (Å²) in [6.45, 7) is 2.03. The highest BCUT2D eigenvalue weighted by atomic mass is 16.6. The minimum absolute atomic E-state index is 0.0407. The fraction of sp³-hybridized carbons (Fsp3) is 0.238. The molecule has 1 aromatic heterocycles. The van der Waals surface area contributed by atoms with Crippen LogP contribution in [0.4, 0.5) is 5.69 Å². The highest BCUT2D eigenvalue weighted by molar-refractivity contribution is 5.98. The molecule has 148 valence electrons. The molecule has 0 N–H and O–H groups in total. The van der Waals surface area contributed by atoms with Crippen molar-refractivity contribution in [2.24, 2.45) is 0 Å². The molecular weight excluding hydrogens is 374 g/mol. The lowest BCUT2D eigenvalue weighted by atomic mass is 10.1. The van der Waals surface area contributed by atoms with Crippen molar-refractivity contribution in [1.82, 2.24) is 10.1 Å². The summed E-state index contributed by atoms with van der Waals surface area (Å²) in [6, 6.07) is 14.9. The van der Waals surface area contributed by atoms with Crippen molar-refractivity contribution in [2.45, 2.75) is 20.0 Å². The summed E-state index contributed by atoms with van der Waals surface area (Å²) in [6.07, 6.45) is 0.0407. The fourth-order valence-corrected chi connectivity index (χ4v) is 2.95. The summed E-state index contributed by atoms with van der Waals surface area (Å²) in [5, 5.41) is 3.90. The van der Waals surface area contributed by atoms with E-state index in [1.165, 1.54) is 4.90 Å². The molecule has 8 nitrogen and oxygen atoms in total. The molecule has 0 radical (unpaired) electrons. The summed E-state index contributed by atoms with van der Waals surface area (Å²) >= 11 is 0. The Balaban J connectivity index is 1.31. The van der Waals surface area contributed by atoms with Gasteiger partial charge in [0, 0.05) is 12.1 Å². The molecule has 0 saturated heterocycles. The zero-order valence-corrected chi connectivity index (χ0v) is 15.8. The van der Waals surface area contributed by atoms with Gasteiger partial charge in [-0.1, -0.05) is 47.1 Å². The first kappa shape index (κ1) is 18.7. The number of fused-ring (bicyclic) bond motifs is 1. The number of anilines is 1. The summed E-state index contributed by atoms with van der Waals surface area (Å²) in [4.78, 5) is 30.0. The highest BCUT2D eigenvalue weighted by Gasteiger charge is 2.25. The molecule has 1 aliphatic rings. The van der Waals surface area contributed by atoms with Crippen LogP contribution in [0.2, 0.25) is 0 Å². The number of hydrogen-bond donors (Lipinski definition) is 0. The van der Waals surface area contributed by atoms with E-state index in [1.807, 2.05) is 43.3 Å². The van der Waals surface area contributed by atoms with Gasteiger partial charge in [-0.2, -0.15) is 4.98 Å². The van der Waals surface area contributed by atoms with Crippen molar-refractivity contribution in [3.05, 3.63) is 60.0 Å². The number of hydrogen-bond acceptors (Lipinski definition) is 7. The summed E-state index contributed by atoms with van der Waals surface area (Å²) in [5.41, 5.74) is 2.60. The number of carbonyl (C=O) groups excluding carboxylic acids is 2. The van der Waals surface area contributed by atoms with Crippen molar-refractivity contribution >= 4 is 17.6 Å². The van der Waals surface area contributed by atoms with Gasteiger partial charge in [0.2, 0.25) is 5.82 Å². The Kier molecular flexibility index (Phi) is 5.24. The molecule has 0 atom stereocenters. The lowest BCUT2D eigenvalue weighted by Crippen LogP contribution is -2.40. The van der Waals surface area contributed by atoms with E-state index in [2.05, 4.69) is 10.1 Å². The van der Waals surface area contributed by atoms with Gasteiger partial charge in [-0.3, -0.25) is 9.59 Å². The molecule has 3 aromatic rings. The minimum Gasteiger partial charge on any atom is -0.482 e. The second kappa shape index (κ2) is 8.14. The minimum atomic E-state index is -0.461. The van der Waals surface area contributed by atoms with Crippen LogP contribution in [0.3, 0.4) is 0 Å². The molecule has 0 fully saturated rings. The lowest BCUT2D eigenvalue weighted by Gasteiger charge is -2.28. The van der Waals surface area contributed by atoms with E-state index in [9.17, 15) is 9.59 Å². The maximum Gasteiger partial charge on any atom is 0.308 e. The van der Waals surface area contributed by atoms with E-state index >= 15 is 0 Å². The Hall–Kier alpha value is -3.68. The third-order valence-corrected chi connectivity index (χ3v) is 4.48. The number of ether oxygens (including phenoxy) is 2. The zero-order valence-electron chi connectivity index (χ0n) is 15.8. The first-order chi connectivity index (χ1) is 14.1. The first-order valence-corrected chi connectivity index (χ1v) is 9.17. The Morgan fingerprint density at radius 3 is 2.79 bits per heavy atom. The number of carbonyl (C=O) groups is 2. The van der Waals surface area contributed by atoms with Gasteiger partial charge in [0.05, 0.1) is 12.1 Å². The molecule has 2 aromatic carbocycles. The summed E-state index contributed by atoms with van der Waals surface area (Å²) in [5.74, 6) is 0.608. The summed E-state index contributed by atoms with van der Waals surface area (Å²) in [7, 11) is 0. The second-order valence-corrected chi connectivity index (χ2v) is 6.59. The van der Waals surface area contributed by atoms with Crippen LogP contribution in [0.5, 0.6) is 5.75 Å². The molecule has 0 unspecified atom stereocenters. The average Bonchev–Trinajstić information content (AvgIpc) is 3.21. The van der Waals surface area contributed by atoms with E-state index in [4.69, 9.17) is 14.0 Å². The quantitative estimate of drug-likeness (QED) is 0.594. The van der Waals surface area contributed by atoms with E-state index in [0.717, 1.165) is 11.1 Å². The van der Waals surface area contributed by atoms with E-state index in [0.29, 0.717) is 17.3 Å². The van der Waals surface area contributed by atoms with Gasteiger partial charge in [-0.15, -0.1) is 0 Å². The largest absolute Gasteiger partial charge is 0.482 e. The predicted molar refractivity (Wildman–Crippen MR) is 103 cm³/mol. The average molecular weight is 393 g/mol. The standard InChI is InChI=1S/C21H19N3O5/c1-14-6-8-15(9-7-14)21-22-18(29-23-21)12-28-20(26)10-11-24-16-4-2-3-5-17(16)27-13-19(24)25/h2-9H,10-13H2,1H3. The number of nitrogens with zero attached hydrogens (tertiary/aromatic N) is 3. The van der Waals surface area contributed by atoms with Gasteiger partial charge >= 0.3 is 5.97 Å². The van der Waals surface area contributed by atoms with Gasteiger partial charge in [-0.05, 0) is 19.1 Å².